The second-order valence-electron chi connectivity index (χ2n) is 7.25. The van der Waals surface area contributed by atoms with Crippen LogP contribution in [0.15, 0.2) is 24.3 Å². The minimum absolute atomic E-state index is 0.0660. The van der Waals surface area contributed by atoms with E-state index < -0.39 is 0 Å². The van der Waals surface area contributed by atoms with Crippen LogP contribution in [0.2, 0.25) is 0 Å². The Morgan fingerprint density at radius 1 is 0.667 bits per heavy atom. The summed E-state index contributed by atoms with van der Waals surface area (Å²) < 4.78 is 10.7. The molecule has 0 bridgehead atoms. The molecule has 7 N–H and O–H groups in total. The Kier molecular flexibility index (Phi) is 13.5. The summed E-state index contributed by atoms with van der Waals surface area (Å²) in [6.07, 6.45) is 0. The van der Waals surface area contributed by atoms with E-state index in [-0.39, 0.29) is 19.8 Å². The van der Waals surface area contributed by atoms with Crippen LogP contribution >= 0.6 is 0 Å². The highest BCUT2D eigenvalue weighted by atomic mass is 16.5. The van der Waals surface area contributed by atoms with Gasteiger partial charge < -0.3 is 46.1 Å². The molecular formula is C24H40N4O5. The smallest absolute Gasteiger partial charge is 0.165 e. The van der Waals surface area contributed by atoms with E-state index in [9.17, 15) is 0 Å². The molecule has 2 aromatic carbocycles. The highest BCUT2D eigenvalue weighted by molar-refractivity contribution is 5.72. The quantitative estimate of drug-likeness (QED) is 0.239. The summed E-state index contributed by atoms with van der Waals surface area (Å²) in [5.74, 6) is 1.52. The Bertz CT molecular complexity index is 804. The van der Waals surface area contributed by atoms with Crippen molar-refractivity contribution in [2.24, 2.45) is 0 Å². The fraction of sp³-hybridized carbons (Fsp3) is 0.500. The van der Waals surface area contributed by atoms with Crippen molar-refractivity contribution in [1.29, 1.82) is 0 Å². The molecule has 0 aliphatic heterocycles. The molecule has 186 valence electrons. The van der Waals surface area contributed by atoms with Crippen molar-refractivity contribution in [1.82, 2.24) is 0 Å². The zero-order valence-corrected chi connectivity index (χ0v) is 20.4. The number of nitrogens with one attached hydrogen (secondary N) is 4. The van der Waals surface area contributed by atoms with E-state index in [0.29, 0.717) is 25.4 Å². The van der Waals surface area contributed by atoms with E-state index in [1.165, 1.54) is 0 Å². The van der Waals surface area contributed by atoms with Crippen LogP contribution < -0.4 is 30.7 Å². The summed E-state index contributed by atoms with van der Waals surface area (Å²) in [4.78, 5) is 0. The van der Waals surface area contributed by atoms with Crippen molar-refractivity contribution < 1.29 is 24.8 Å². The van der Waals surface area contributed by atoms with Gasteiger partial charge in [0.05, 0.1) is 51.1 Å². The lowest BCUT2D eigenvalue weighted by Gasteiger charge is -2.16. The van der Waals surface area contributed by atoms with Crippen molar-refractivity contribution in [3.8, 4) is 11.5 Å². The number of aliphatic hydroxyl groups excluding tert-OH is 3. The minimum atomic E-state index is 0.0660. The van der Waals surface area contributed by atoms with Gasteiger partial charge in [0.1, 0.15) is 5.75 Å². The van der Waals surface area contributed by atoms with Gasteiger partial charge in [0, 0.05) is 31.9 Å². The summed E-state index contributed by atoms with van der Waals surface area (Å²) in [6, 6.07) is 7.95. The first-order valence-electron chi connectivity index (χ1n) is 11.1. The number of rotatable bonds is 13. The van der Waals surface area contributed by atoms with Crippen LogP contribution in [0.5, 0.6) is 11.5 Å². The Labute approximate surface area is 197 Å². The van der Waals surface area contributed by atoms with E-state index >= 15 is 0 Å². The van der Waals surface area contributed by atoms with Crippen LogP contribution in [0.3, 0.4) is 0 Å². The summed E-state index contributed by atoms with van der Waals surface area (Å²) >= 11 is 0. The number of ether oxygens (including phenoxy) is 2. The molecule has 33 heavy (non-hydrogen) atoms. The molecule has 0 heterocycles. The summed E-state index contributed by atoms with van der Waals surface area (Å²) in [5, 5.41) is 39.0. The van der Waals surface area contributed by atoms with Gasteiger partial charge in [-0.05, 0) is 56.2 Å². The number of aryl methyl sites for hydroxylation is 2. The van der Waals surface area contributed by atoms with Crippen molar-refractivity contribution in [2.45, 2.75) is 20.8 Å². The van der Waals surface area contributed by atoms with E-state index in [1.54, 1.807) is 14.2 Å². The summed E-state index contributed by atoms with van der Waals surface area (Å²) in [6.45, 7) is 8.62. The fourth-order valence-electron chi connectivity index (χ4n) is 3.31. The van der Waals surface area contributed by atoms with E-state index in [1.807, 2.05) is 38.1 Å². The topological polar surface area (TPSA) is 127 Å². The van der Waals surface area contributed by atoms with Crippen molar-refractivity contribution in [3.05, 3.63) is 35.4 Å². The van der Waals surface area contributed by atoms with E-state index in [0.717, 1.165) is 46.2 Å². The van der Waals surface area contributed by atoms with E-state index in [4.69, 9.17) is 24.8 Å². The molecule has 0 aliphatic carbocycles. The molecular weight excluding hydrogens is 424 g/mol. The van der Waals surface area contributed by atoms with Gasteiger partial charge in [-0.15, -0.1) is 0 Å². The molecule has 0 aromatic heterocycles. The molecule has 0 saturated heterocycles. The second kappa shape index (κ2) is 15.8. The first-order valence-corrected chi connectivity index (χ1v) is 11.1. The van der Waals surface area contributed by atoms with Gasteiger partial charge in [-0.1, -0.05) is 0 Å². The molecule has 9 nitrogen and oxygen atoms in total. The lowest BCUT2D eigenvalue weighted by molar-refractivity contribution is 0.310. The van der Waals surface area contributed by atoms with Crippen LogP contribution in [0, 0.1) is 13.8 Å². The monoisotopic (exact) mass is 464 g/mol. The average Bonchev–Trinajstić information content (AvgIpc) is 2.80. The summed E-state index contributed by atoms with van der Waals surface area (Å²) in [5.41, 5.74) is 5.78. The maximum atomic E-state index is 8.82. The largest absolute Gasteiger partial charge is 0.494 e. The van der Waals surface area contributed by atoms with Gasteiger partial charge in [-0.3, -0.25) is 0 Å². The fourth-order valence-corrected chi connectivity index (χ4v) is 3.31. The lowest BCUT2D eigenvalue weighted by Crippen LogP contribution is -2.10. The molecule has 0 fully saturated rings. The predicted molar refractivity (Wildman–Crippen MR) is 136 cm³/mol. The number of hydrogen-bond acceptors (Lipinski definition) is 9. The van der Waals surface area contributed by atoms with Crippen LogP contribution in [0.1, 0.15) is 18.1 Å². The van der Waals surface area contributed by atoms with Gasteiger partial charge in [0.25, 0.3) is 0 Å². The first kappa shape index (κ1) is 28.2. The Morgan fingerprint density at radius 2 is 1.12 bits per heavy atom. The SMILES string of the molecule is CCNc1cc(C)c(OC)c(NCCO)c1.COc1c(NCCO)cc(C)cc1NCCO. The van der Waals surface area contributed by atoms with E-state index in [2.05, 4.69) is 28.2 Å². The van der Waals surface area contributed by atoms with Gasteiger partial charge in [0.2, 0.25) is 0 Å². The predicted octanol–water partition coefficient (Wildman–Crippen LogP) is 2.65. The maximum absolute atomic E-state index is 8.82. The molecule has 0 spiro atoms. The van der Waals surface area contributed by atoms with Crippen LogP contribution in [-0.2, 0) is 0 Å². The van der Waals surface area contributed by atoms with Crippen LogP contribution in [-0.4, -0.2) is 75.5 Å². The third-order valence-electron chi connectivity index (χ3n) is 4.58. The molecule has 0 saturated carbocycles. The molecule has 0 aliphatic rings. The Morgan fingerprint density at radius 3 is 1.52 bits per heavy atom. The zero-order valence-electron chi connectivity index (χ0n) is 20.4. The highest BCUT2D eigenvalue weighted by Crippen LogP contribution is 2.34. The molecule has 0 atom stereocenters. The number of methoxy groups -OCH3 is 2. The number of aliphatic hydroxyl groups is 3. The highest BCUT2D eigenvalue weighted by Gasteiger charge is 2.10. The minimum Gasteiger partial charge on any atom is -0.494 e. The maximum Gasteiger partial charge on any atom is 0.165 e. The third kappa shape index (κ3) is 9.25. The number of hydrogen-bond donors (Lipinski definition) is 7. The zero-order chi connectivity index (χ0) is 24.6. The van der Waals surface area contributed by atoms with Gasteiger partial charge in [-0.2, -0.15) is 0 Å². The van der Waals surface area contributed by atoms with Crippen LogP contribution in [0.25, 0.3) is 0 Å². The normalized spacial score (nSPS) is 10.1. The molecule has 9 heteroatoms. The first-order chi connectivity index (χ1) is 15.9. The third-order valence-corrected chi connectivity index (χ3v) is 4.58. The van der Waals surface area contributed by atoms with Crippen molar-refractivity contribution in [3.63, 3.8) is 0 Å². The summed E-state index contributed by atoms with van der Waals surface area (Å²) in [7, 11) is 3.25. The van der Waals surface area contributed by atoms with Crippen LogP contribution in [0.4, 0.5) is 22.7 Å². The van der Waals surface area contributed by atoms with Crippen molar-refractivity contribution in [2.75, 3.05) is 81.5 Å². The Hall–Kier alpha value is -2.88. The molecule has 2 rings (SSSR count). The molecule has 2 aromatic rings. The lowest BCUT2D eigenvalue weighted by atomic mass is 10.1. The number of anilines is 4. The molecule has 0 unspecified atom stereocenters. The molecule has 0 amide bonds. The second-order valence-corrected chi connectivity index (χ2v) is 7.25. The molecule has 0 radical (unpaired) electrons. The Balaban J connectivity index is 0.000000331. The van der Waals surface area contributed by atoms with Crippen molar-refractivity contribution >= 4 is 22.7 Å². The van der Waals surface area contributed by atoms with Gasteiger partial charge in [0.15, 0.2) is 5.75 Å². The average molecular weight is 465 g/mol. The van der Waals surface area contributed by atoms with Gasteiger partial charge >= 0.3 is 0 Å². The standard InChI is InChI=1S/C12H20N2O3.C12H20N2O2/c1-9-7-10(13-3-5-15)12(17-2)11(8-9)14-4-6-16;1-4-13-10-7-9(2)12(16-3)11(8-10)14-5-6-15/h7-8,13-16H,3-6H2,1-2H3;7-8,13-15H,4-6H2,1-3H3. The number of benzene rings is 2. The van der Waals surface area contributed by atoms with Gasteiger partial charge in [-0.25, -0.2) is 0 Å².